The molecule has 1 unspecified atom stereocenters. The molecule has 9 nitrogen and oxygen atoms in total. The van der Waals surface area contributed by atoms with Crippen LogP contribution in [0.4, 0.5) is 0 Å². The Balaban J connectivity index is -0.00000180. The van der Waals surface area contributed by atoms with Crippen LogP contribution in [0.25, 0.3) is 0 Å². The summed E-state index contributed by atoms with van der Waals surface area (Å²) in [5, 5.41) is 0. The Morgan fingerprint density at radius 2 is 1.57 bits per heavy atom. The van der Waals surface area contributed by atoms with Gasteiger partial charge in [-0.2, -0.15) is 18.2 Å². The van der Waals surface area contributed by atoms with E-state index in [1.165, 1.54) is 20.8 Å². The molecule has 0 aliphatic carbocycles. The van der Waals surface area contributed by atoms with E-state index in [4.69, 9.17) is 0 Å². The first kappa shape index (κ1) is 23.0. The average molecular weight is 338 g/mol. The Morgan fingerprint density at radius 3 is 1.95 bits per heavy atom. The molecular formula is C10H19NaO9S. The van der Waals surface area contributed by atoms with Crippen LogP contribution < -0.4 is 29.6 Å². The van der Waals surface area contributed by atoms with Crippen LogP contribution in [0.15, 0.2) is 0 Å². The minimum Gasteiger partial charge on any atom is -1.00 e. The number of carbonyl (C=O) groups is 2. The maximum Gasteiger partial charge on any atom is 1.00 e. The monoisotopic (exact) mass is 338 g/mol. The fourth-order valence-corrected chi connectivity index (χ4v) is 2.21. The summed E-state index contributed by atoms with van der Waals surface area (Å²) in [5.41, 5.74) is 0. The van der Waals surface area contributed by atoms with Gasteiger partial charge in [-0.3, -0.25) is 14.3 Å². The molecule has 1 atom stereocenters. The van der Waals surface area contributed by atoms with Gasteiger partial charge in [-0.25, -0.2) is 9.59 Å². The van der Waals surface area contributed by atoms with Gasteiger partial charge in [0.15, 0.2) is 0 Å². The molecule has 0 aromatic carbocycles. The maximum atomic E-state index is 11.8. The van der Waals surface area contributed by atoms with Crippen LogP contribution in [0.2, 0.25) is 0 Å². The minimum atomic E-state index is -4.94. The van der Waals surface area contributed by atoms with Gasteiger partial charge in [0.25, 0.3) is 10.1 Å². The van der Waals surface area contributed by atoms with Crippen molar-refractivity contribution in [2.45, 2.75) is 38.4 Å². The smallest absolute Gasteiger partial charge is 1.00 e. The molecule has 0 aromatic rings. The second-order valence-electron chi connectivity index (χ2n) is 3.64. The Morgan fingerprint density at radius 1 is 1.10 bits per heavy atom. The van der Waals surface area contributed by atoms with E-state index in [1.807, 2.05) is 0 Å². The van der Waals surface area contributed by atoms with Crippen molar-refractivity contribution >= 4 is 22.1 Å². The molecule has 0 aromatic heterocycles. The Labute approximate surface area is 146 Å². The Kier molecular flexibility index (Phi) is 11.5. The summed E-state index contributed by atoms with van der Waals surface area (Å²) < 4.78 is 29.6. The molecule has 0 fully saturated rings. The molecule has 0 bridgehead atoms. The van der Waals surface area contributed by atoms with Gasteiger partial charge in [0.05, 0.1) is 19.6 Å². The van der Waals surface area contributed by atoms with E-state index >= 15 is 0 Å². The van der Waals surface area contributed by atoms with Crippen LogP contribution >= 0.6 is 0 Å². The van der Waals surface area contributed by atoms with Crippen molar-refractivity contribution in [1.82, 2.24) is 0 Å². The second-order valence-corrected chi connectivity index (χ2v) is 5.37. The first-order chi connectivity index (χ1) is 9.25. The van der Waals surface area contributed by atoms with Crippen molar-refractivity contribution in [2.75, 3.05) is 13.2 Å². The van der Waals surface area contributed by atoms with E-state index < -0.39 is 39.6 Å². The number of hydrogen-bond donors (Lipinski definition) is 1. The first-order valence-corrected chi connectivity index (χ1v) is 7.32. The van der Waals surface area contributed by atoms with Crippen molar-refractivity contribution in [2.24, 2.45) is 0 Å². The molecule has 1 N–H and O–H groups in total. The van der Waals surface area contributed by atoms with Crippen LogP contribution in [0.5, 0.6) is 0 Å². The Bertz CT molecular complexity index is 442. The van der Waals surface area contributed by atoms with Crippen molar-refractivity contribution in [3.05, 3.63) is 0 Å². The van der Waals surface area contributed by atoms with Crippen molar-refractivity contribution in [3.8, 4) is 0 Å². The van der Waals surface area contributed by atoms with Crippen LogP contribution in [0.1, 0.15) is 35.0 Å². The van der Waals surface area contributed by atoms with E-state index in [0.29, 0.717) is 0 Å². The van der Waals surface area contributed by atoms with Crippen LogP contribution in [-0.2, 0) is 39.3 Å². The zero-order valence-corrected chi connectivity index (χ0v) is 15.3. The molecule has 0 rings (SSSR count). The fourth-order valence-electron chi connectivity index (χ4n) is 1.30. The van der Waals surface area contributed by atoms with E-state index in [0.717, 1.165) is 0 Å². The topological polar surface area (TPSA) is 125 Å². The summed E-state index contributed by atoms with van der Waals surface area (Å²) >= 11 is 0. The second kappa shape index (κ2) is 10.5. The first-order valence-electron chi connectivity index (χ1n) is 5.88. The fraction of sp³-hybridized carbons (Fsp3) is 0.800. The van der Waals surface area contributed by atoms with Crippen LogP contribution in [-0.4, -0.2) is 42.9 Å². The van der Waals surface area contributed by atoms with Gasteiger partial charge >= 0.3 is 41.5 Å². The molecule has 0 heterocycles. The van der Waals surface area contributed by atoms with Gasteiger partial charge < -0.3 is 1.43 Å². The predicted molar refractivity (Wildman–Crippen MR) is 65.7 cm³/mol. The zero-order chi connectivity index (χ0) is 15.8. The van der Waals surface area contributed by atoms with Crippen molar-refractivity contribution in [3.63, 3.8) is 0 Å². The van der Waals surface area contributed by atoms with Crippen LogP contribution in [0.3, 0.4) is 0 Å². The van der Waals surface area contributed by atoms with Gasteiger partial charge in [0.2, 0.25) is 4.75 Å². The summed E-state index contributed by atoms with van der Waals surface area (Å²) in [6.45, 7) is 4.33. The molecule has 0 saturated heterocycles. The molecule has 0 amide bonds. The largest absolute Gasteiger partial charge is 1.00 e. The van der Waals surface area contributed by atoms with E-state index in [9.17, 15) is 22.6 Å². The molecule has 0 aliphatic heterocycles. The third kappa shape index (κ3) is 6.59. The summed E-state index contributed by atoms with van der Waals surface area (Å²) in [6, 6.07) is 0. The van der Waals surface area contributed by atoms with E-state index in [2.05, 4.69) is 19.6 Å². The quantitative estimate of drug-likeness (QED) is 0.210. The SMILES string of the molecule is CCOOC(=O)CC(CC)(C(=O)OOCC)S(=O)(=O)O.[H-].[Na+]. The maximum absolute atomic E-state index is 11.8. The minimum absolute atomic E-state index is 0. The van der Waals surface area contributed by atoms with Gasteiger partial charge in [0, 0.05) is 0 Å². The normalized spacial score (nSPS) is 13.7. The zero-order valence-electron chi connectivity index (χ0n) is 13.4. The van der Waals surface area contributed by atoms with Gasteiger partial charge in [-0.1, -0.05) is 6.92 Å². The number of hydrogen-bond acceptors (Lipinski definition) is 8. The molecule has 0 radical (unpaired) electrons. The number of carbonyl (C=O) groups excluding carboxylic acids is 2. The van der Waals surface area contributed by atoms with E-state index in [1.54, 1.807) is 0 Å². The molecule has 120 valence electrons. The molecule has 0 aliphatic rings. The predicted octanol–water partition coefficient (Wildman–Crippen LogP) is -2.48. The van der Waals surface area contributed by atoms with Crippen LogP contribution in [0, 0.1) is 0 Å². The molecule has 21 heavy (non-hydrogen) atoms. The van der Waals surface area contributed by atoms with Crippen molar-refractivity contribution in [1.29, 1.82) is 0 Å². The summed E-state index contributed by atoms with van der Waals surface area (Å²) in [7, 11) is -4.94. The van der Waals surface area contributed by atoms with Gasteiger partial charge in [-0.15, -0.1) is 0 Å². The van der Waals surface area contributed by atoms with E-state index in [-0.39, 0.29) is 44.2 Å². The van der Waals surface area contributed by atoms with Crippen molar-refractivity contribution < 1.29 is 73.1 Å². The third-order valence-corrected chi connectivity index (χ3v) is 3.98. The molecule has 0 spiro atoms. The standard InChI is InChI=1S/C10H18O9S.Na.H/c1-4-10(20(13,14)15,9(12)19-17-6-3)7-8(11)18-16-5-2;;/h4-7H2,1-3H3,(H,13,14,15);;/q;+1;-1. The average Bonchev–Trinajstić information content (AvgIpc) is 2.38. The molecule has 11 heteroatoms. The summed E-state index contributed by atoms with van der Waals surface area (Å²) in [6.07, 6.45) is -1.38. The molecular weight excluding hydrogens is 319 g/mol. The van der Waals surface area contributed by atoms with Gasteiger partial charge in [-0.05, 0) is 20.3 Å². The number of rotatable bonds is 9. The summed E-state index contributed by atoms with van der Waals surface area (Å²) in [5.74, 6) is -2.54. The van der Waals surface area contributed by atoms with Gasteiger partial charge in [0.1, 0.15) is 0 Å². The summed E-state index contributed by atoms with van der Waals surface area (Å²) in [4.78, 5) is 40.4. The third-order valence-electron chi connectivity index (χ3n) is 2.39. The molecule has 0 saturated carbocycles. The Hall–Kier alpha value is -0.230.